The van der Waals surface area contributed by atoms with Crippen LogP contribution < -0.4 is 0 Å². The Morgan fingerprint density at radius 2 is 1.94 bits per heavy atom. The Hall–Kier alpha value is -1.29. The van der Waals surface area contributed by atoms with Crippen LogP contribution in [-0.4, -0.2) is 19.2 Å². The lowest BCUT2D eigenvalue weighted by Gasteiger charge is -2.10. The number of aryl methyl sites for hydroxylation is 1. The standard InChI is InChI=1S/C14H19NO2S/c1-10(2)15-8-12(9-18(4,16)17)13-7-5-6-11(3)14(13)15/h5-8,10H,9H2,1-4H3. The molecule has 0 spiro atoms. The van der Waals surface area contributed by atoms with Gasteiger partial charge in [0.15, 0.2) is 9.84 Å². The molecule has 0 N–H and O–H groups in total. The zero-order valence-electron chi connectivity index (χ0n) is 11.3. The Balaban J connectivity index is 2.73. The van der Waals surface area contributed by atoms with E-state index in [2.05, 4.69) is 31.4 Å². The van der Waals surface area contributed by atoms with Crippen molar-refractivity contribution in [2.24, 2.45) is 0 Å². The van der Waals surface area contributed by atoms with Gasteiger partial charge in [-0.3, -0.25) is 0 Å². The van der Waals surface area contributed by atoms with Crippen LogP contribution in [0.15, 0.2) is 24.4 Å². The summed E-state index contributed by atoms with van der Waals surface area (Å²) in [5.41, 5.74) is 3.22. The predicted octanol–water partition coefficient (Wildman–Crippen LogP) is 3.08. The molecule has 1 aromatic heterocycles. The lowest BCUT2D eigenvalue weighted by Crippen LogP contribution is -2.01. The Morgan fingerprint density at radius 1 is 1.28 bits per heavy atom. The molecular formula is C14H19NO2S. The molecule has 18 heavy (non-hydrogen) atoms. The summed E-state index contributed by atoms with van der Waals surface area (Å²) in [6.07, 6.45) is 3.25. The highest BCUT2D eigenvalue weighted by atomic mass is 32.2. The van der Waals surface area contributed by atoms with Gasteiger partial charge in [0.25, 0.3) is 0 Å². The van der Waals surface area contributed by atoms with Crippen molar-refractivity contribution in [1.82, 2.24) is 4.57 Å². The van der Waals surface area contributed by atoms with E-state index in [1.54, 1.807) is 0 Å². The highest BCUT2D eigenvalue weighted by Crippen LogP contribution is 2.28. The van der Waals surface area contributed by atoms with Crippen molar-refractivity contribution in [2.75, 3.05) is 6.26 Å². The van der Waals surface area contributed by atoms with Crippen LogP contribution in [-0.2, 0) is 15.6 Å². The first-order chi connectivity index (χ1) is 8.29. The summed E-state index contributed by atoms with van der Waals surface area (Å²) in [7, 11) is -3.01. The van der Waals surface area contributed by atoms with Crippen molar-refractivity contribution < 1.29 is 8.42 Å². The summed E-state index contributed by atoms with van der Waals surface area (Å²) < 4.78 is 25.2. The maximum Gasteiger partial charge on any atom is 0.151 e. The lowest BCUT2D eigenvalue weighted by atomic mass is 10.1. The third-order valence-corrected chi connectivity index (χ3v) is 3.95. The smallest absolute Gasteiger partial charge is 0.151 e. The maximum absolute atomic E-state index is 11.5. The Morgan fingerprint density at radius 3 is 2.50 bits per heavy atom. The number of aromatic nitrogens is 1. The van der Waals surface area contributed by atoms with E-state index in [0.29, 0.717) is 6.04 Å². The monoisotopic (exact) mass is 265 g/mol. The van der Waals surface area contributed by atoms with Crippen molar-refractivity contribution >= 4 is 20.7 Å². The average Bonchev–Trinajstić information content (AvgIpc) is 2.56. The minimum absolute atomic E-state index is 0.104. The number of rotatable bonds is 3. The van der Waals surface area contributed by atoms with Crippen LogP contribution in [0.1, 0.15) is 31.0 Å². The van der Waals surface area contributed by atoms with Crippen molar-refractivity contribution in [3.05, 3.63) is 35.5 Å². The van der Waals surface area contributed by atoms with Gasteiger partial charge in [-0.05, 0) is 31.9 Å². The van der Waals surface area contributed by atoms with Crippen LogP contribution in [0.3, 0.4) is 0 Å². The summed E-state index contributed by atoms with van der Waals surface area (Å²) in [4.78, 5) is 0. The van der Waals surface area contributed by atoms with Gasteiger partial charge in [-0.15, -0.1) is 0 Å². The van der Waals surface area contributed by atoms with Gasteiger partial charge in [0.1, 0.15) is 0 Å². The topological polar surface area (TPSA) is 39.1 Å². The number of fused-ring (bicyclic) bond motifs is 1. The van der Waals surface area contributed by atoms with E-state index >= 15 is 0 Å². The second-order valence-electron chi connectivity index (χ2n) is 5.20. The van der Waals surface area contributed by atoms with E-state index in [0.717, 1.165) is 16.5 Å². The summed E-state index contributed by atoms with van der Waals surface area (Å²) in [6, 6.07) is 6.36. The molecule has 0 bridgehead atoms. The predicted molar refractivity (Wildman–Crippen MR) is 75.6 cm³/mol. The number of para-hydroxylation sites is 1. The molecule has 0 aliphatic carbocycles. The molecule has 0 unspecified atom stereocenters. The fraction of sp³-hybridized carbons (Fsp3) is 0.429. The number of sulfone groups is 1. The van der Waals surface area contributed by atoms with Crippen molar-refractivity contribution in [1.29, 1.82) is 0 Å². The molecule has 1 heterocycles. The van der Waals surface area contributed by atoms with E-state index in [-0.39, 0.29) is 5.75 Å². The van der Waals surface area contributed by atoms with Crippen molar-refractivity contribution in [3.8, 4) is 0 Å². The molecule has 0 radical (unpaired) electrons. The molecule has 4 heteroatoms. The van der Waals surface area contributed by atoms with Gasteiger partial charge in [0.05, 0.1) is 11.3 Å². The minimum Gasteiger partial charge on any atom is -0.344 e. The molecule has 0 aliphatic rings. The maximum atomic E-state index is 11.5. The molecule has 98 valence electrons. The normalized spacial score (nSPS) is 12.5. The minimum atomic E-state index is -3.01. The van der Waals surface area contributed by atoms with E-state index in [9.17, 15) is 8.42 Å². The molecule has 0 saturated carbocycles. The largest absolute Gasteiger partial charge is 0.344 e. The molecule has 0 fully saturated rings. The summed E-state index contributed by atoms with van der Waals surface area (Å²) >= 11 is 0. The van der Waals surface area contributed by atoms with Crippen molar-refractivity contribution in [3.63, 3.8) is 0 Å². The molecule has 0 atom stereocenters. The summed E-state index contributed by atoms with van der Waals surface area (Å²) in [5, 5.41) is 1.05. The molecule has 0 aliphatic heterocycles. The van der Waals surface area contributed by atoms with Gasteiger partial charge in [-0.1, -0.05) is 18.2 Å². The molecule has 0 saturated heterocycles. The summed E-state index contributed by atoms with van der Waals surface area (Å²) in [6.45, 7) is 6.28. The van der Waals surface area contributed by atoms with Crippen LogP contribution in [0.4, 0.5) is 0 Å². The van der Waals surface area contributed by atoms with E-state index in [4.69, 9.17) is 0 Å². The van der Waals surface area contributed by atoms with E-state index < -0.39 is 9.84 Å². The van der Waals surface area contributed by atoms with Crippen LogP contribution >= 0.6 is 0 Å². The van der Waals surface area contributed by atoms with Gasteiger partial charge in [0, 0.05) is 23.9 Å². The molecule has 0 amide bonds. The summed E-state index contributed by atoms with van der Waals surface area (Å²) in [5.74, 6) is 0.104. The van der Waals surface area contributed by atoms with Gasteiger partial charge in [-0.25, -0.2) is 8.42 Å². The molecular weight excluding hydrogens is 246 g/mol. The van der Waals surface area contributed by atoms with Gasteiger partial charge in [-0.2, -0.15) is 0 Å². The third-order valence-electron chi connectivity index (χ3n) is 3.11. The Kier molecular flexibility index (Phi) is 3.23. The van der Waals surface area contributed by atoms with Crippen molar-refractivity contribution in [2.45, 2.75) is 32.6 Å². The van der Waals surface area contributed by atoms with E-state index in [1.165, 1.54) is 11.8 Å². The van der Waals surface area contributed by atoms with Crippen LogP contribution in [0.5, 0.6) is 0 Å². The first kappa shape index (κ1) is 13.1. The number of benzene rings is 1. The van der Waals surface area contributed by atoms with Crippen LogP contribution in [0.25, 0.3) is 10.9 Å². The Labute approximate surface area is 108 Å². The average molecular weight is 265 g/mol. The second kappa shape index (κ2) is 4.43. The highest BCUT2D eigenvalue weighted by molar-refractivity contribution is 7.89. The Bertz CT molecular complexity index is 681. The van der Waals surface area contributed by atoms with Gasteiger partial charge >= 0.3 is 0 Å². The van der Waals surface area contributed by atoms with Gasteiger partial charge in [0.2, 0.25) is 0 Å². The van der Waals surface area contributed by atoms with Crippen LogP contribution in [0.2, 0.25) is 0 Å². The van der Waals surface area contributed by atoms with Gasteiger partial charge < -0.3 is 4.57 Å². The third kappa shape index (κ3) is 2.43. The first-order valence-electron chi connectivity index (χ1n) is 6.06. The fourth-order valence-electron chi connectivity index (χ4n) is 2.37. The first-order valence-corrected chi connectivity index (χ1v) is 8.12. The lowest BCUT2D eigenvalue weighted by molar-refractivity contribution is 0.600. The second-order valence-corrected chi connectivity index (χ2v) is 7.34. The molecule has 2 rings (SSSR count). The number of hydrogen-bond donors (Lipinski definition) is 0. The number of hydrogen-bond acceptors (Lipinski definition) is 2. The molecule has 2 aromatic rings. The highest BCUT2D eigenvalue weighted by Gasteiger charge is 2.15. The number of nitrogens with zero attached hydrogens (tertiary/aromatic N) is 1. The quantitative estimate of drug-likeness (QED) is 0.855. The molecule has 3 nitrogen and oxygen atoms in total. The zero-order valence-corrected chi connectivity index (χ0v) is 12.1. The van der Waals surface area contributed by atoms with E-state index in [1.807, 2.05) is 18.3 Å². The molecule has 1 aromatic carbocycles. The zero-order chi connectivity index (χ0) is 13.5. The SMILES string of the molecule is Cc1cccc2c(CS(C)(=O)=O)cn(C(C)C)c12. The fourth-order valence-corrected chi connectivity index (χ4v) is 3.16. The van der Waals surface area contributed by atoms with Crippen LogP contribution in [0, 0.1) is 6.92 Å².